The largest absolute Gasteiger partial charge is 0.306 e. The van der Waals surface area contributed by atoms with Crippen LogP contribution in [0.5, 0.6) is 0 Å². The van der Waals surface area contributed by atoms with Gasteiger partial charge in [0.2, 0.25) is 0 Å². The van der Waals surface area contributed by atoms with Crippen LogP contribution in [0.25, 0.3) is 0 Å². The first-order valence-corrected chi connectivity index (χ1v) is 10.8. The van der Waals surface area contributed by atoms with E-state index >= 15 is 0 Å². The molecule has 0 radical (unpaired) electrons. The van der Waals surface area contributed by atoms with Crippen molar-refractivity contribution in [2.75, 3.05) is 14.1 Å². The summed E-state index contributed by atoms with van der Waals surface area (Å²) in [5.74, 6) is 2.08. The van der Waals surface area contributed by atoms with Crippen molar-refractivity contribution < 1.29 is 0 Å². The molecule has 1 heteroatoms. The Kier molecular flexibility index (Phi) is 12.1. The predicted molar refractivity (Wildman–Crippen MR) is 105 cm³/mol. The maximum Gasteiger partial charge on any atom is 0.00893 e. The number of hydrogen-bond donors (Lipinski definition) is 0. The molecule has 0 heterocycles. The normalized spacial score (nSPS) is 23.3. The van der Waals surface area contributed by atoms with Gasteiger partial charge in [0.15, 0.2) is 0 Å². The standard InChI is InChI=1S/C22H45N/c1-5-7-9-11-13-15-20(14-12-10-8-6-2)21-16-18-22(19-17-21)23(3)4/h20-22H,5-19H2,1-4H3. The minimum atomic E-state index is 0.858. The molecule has 1 rings (SSSR count). The highest BCUT2D eigenvalue weighted by Crippen LogP contribution is 2.37. The lowest BCUT2D eigenvalue weighted by molar-refractivity contribution is 0.146. The molecule has 1 unspecified atom stereocenters. The third-order valence-electron chi connectivity index (χ3n) is 6.25. The maximum absolute atomic E-state index is 2.46. The van der Waals surface area contributed by atoms with Crippen LogP contribution in [0, 0.1) is 11.8 Å². The van der Waals surface area contributed by atoms with Crippen molar-refractivity contribution in [2.45, 2.75) is 116 Å². The monoisotopic (exact) mass is 323 g/mol. The zero-order chi connectivity index (χ0) is 16.9. The highest BCUT2D eigenvalue weighted by Gasteiger charge is 2.27. The zero-order valence-electron chi connectivity index (χ0n) is 16.8. The average Bonchev–Trinajstić information content (AvgIpc) is 2.56. The zero-order valence-corrected chi connectivity index (χ0v) is 16.8. The molecule has 0 aromatic carbocycles. The Hall–Kier alpha value is -0.0400. The molecule has 0 aromatic rings. The van der Waals surface area contributed by atoms with Crippen LogP contribution < -0.4 is 0 Å². The molecule has 138 valence electrons. The fraction of sp³-hybridized carbons (Fsp3) is 1.00. The van der Waals surface area contributed by atoms with Gasteiger partial charge in [-0.25, -0.2) is 0 Å². The Bertz CT molecular complexity index is 253. The molecule has 1 nitrogen and oxygen atoms in total. The minimum Gasteiger partial charge on any atom is -0.306 e. The van der Waals surface area contributed by atoms with E-state index in [4.69, 9.17) is 0 Å². The smallest absolute Gasteiger partial charge is 0.00893 e. The summed E-state index contributed by atoms with van der Waals surface area (Å²) < 4.78 is 0. The second kappa shape index (κ2) is 13.3. The van der Waals surface area contributed by atoms with E-state index in [1.54, 1.807) is 0 Å². The van der Waals surface area contributed by atoms with Crippen LogP contribution >= 0.6 is 0 Å². The van der Waals surface area contributed by atoms with Crippen molar-refractivity contribution >= 4 is 0 Å². The number of unbranched alkanes of at least 4 members (excludes halogenated alkanes) is 7. The van der Waals surface area contributed by atoms with Crippen LogP contribution in [-0.2, 0) is 0 Å². The van der Waals surface area contributed by atoms with E-state index < -0.39 is 0 Å². The summed E-state index contributed by atoms with van der Waals surface area (Å²) in [5.41, 5.74) is 0. The second-order valence-corrected chi connectivity index (χ2v) is 8.34. The van der Waals surface area contributed by atoms with Gasteiger partial charge in [-0.1, -0.05) is 84.5 Å². The van der Waals surface area contributed by atoms with Gasteiger partial charge in [-0.3, -0.25) is 0 Å². The van der Waals surface area contributed by atoms with Crippen LogP contribution in [0.1, 0.15) is 110 Å². The van der Waals surface area contributed by atoms with Gasteiger partial charge in [0.1, 0.15) is 0 Å². The summed E-state index contributed by atoms with van der Waals surface area (Å²) in [7, 11) is 4.53. The third kappa shape index (κ3) is 9.13. The van der Waals surface area contributed by atoms with Gasteiger partial charge in [-0.2, -0.15) is 0 Å². The van der Waals surface area contributed by atoms with Crippen molar-refractivity contribution in [3.63, 3.8) is 0 Å². The van der Waals surface area contributed by atoms with Crippen molar-refractivity contribution in [2.24, 2.45) is 11.8 Å². The predicted octanol–water partition coefficient (Wildman–Crippen LogP) is 7.05. The minimum absolute atomic E-state index is 0.858. The lowest BCUT2D eigenvalue weighted by Crippen LogP contribution is -2.34. The summed E-state index contributed by atoms with van der Waals surface area (Å²) >= 11 is 0. The molecule has 0 saturated heterocycles. The molecule has 0 aromatic heterocycles. The van der Waals surface area contributed by atoms with Gasteiger partial charge in [0.05, 0.1) is 0 Å². The first-order chi connectivity index (χ1) is 11.2. The molecule has 1 aliphatic rings. The summed E-state index contributed by atoms with van der Waals surface area (Å²) in [4.78, 5) is 2.46. The van der Waals surface area contributed by atoms with Crippen LogP contribution in [0.2, 0.25) is 0 Å². The molecule has 0 aliphatic heterocycles. The Labute approximate surface area is 147 Å². The van der Waals surface area contributed by atoms with E-state index in [9.17, 15) is 0 Å². The van der Waals surface area contributed by atoms with Gasteiger partial charge in [0.25, 0.3) is 0 Å². The average molecular weight is 324 g/mol. The Balaban J connectivity index is 2.34. The van der Waals surface area contributed by atoms with Gasteiger partial charge in [0, 0.05) is 6.04 Å². The topological polar surface area (TPSA) is 3.24 Å². The Morgan fingerprint density at radius 1 is 0.696 bits per heavy atom. The van der Waals surface area contributed by atoms with Gasteiger partial charge in [-0.05, 0) is 51.6 Å². The molecule has 0 spiro atoms. The molecular formula is C22H45N. The molecule has 1 atom stereocenters. The van der Waals surface area contributed by atoms with Crippen molar-refractivity contribution in [3.8, 4) is 0 Å². The van der Waals surface area contributed by atoms with E-state index in [2.05, 4.69) is 32.8 Å². The molecule has 0 N–H and O–H groups in total. The van der Waals surface area contributed by atoms with Crippen LogP contribution in [0.3, 0.4) is 0 Å². The first kappa shape index (κ1) is 21.0. The molecule has 23 heavy (non-hydrogen) atoms. The quantitative estimate of drug-likeness (QED) is 0.328. The summed E-state index contributed by atoms with van der Waals surface area (Å²) in [6, 6.07) is 0.858. The van der Waals surface area contributed by atoms with Crippen molar-refractivity contribution in [1.82, 2.24) is 4.90 Å². The summed E-state index contributed by atoms with van der Waals surface area (Å²) in [6.07, 6.45) is 21.9. The van der Waals surface area contributed by atoms with E-state index in [0.29, 0.717) is 0 Å². The fourth-order valence-electron chi connectivity index (χ4n) is 4.55. The molecule has 0 amide bonds. The van der Waals surface area contributed by atoms with Gasteiger partial charge < -0.3 is 4.90 Å². The van der Waals surface area contributed by atoms with Crippen LogP contribution in [0.4, 0.5) is 0 Å². The van der Waals surface area contributed by atoms with E-state index in [0.717, 1.165) is 17.9 Å². The summed E-state index contributed by atoms with van der Waals surface area (Å²) in [5, 5.41) is 0. The fourth-order valence-corrected chi connectivity index (χ4v) is 4.55. The van der Waals surface area contributed by atoms with Gasteiger partial charge >= 0.3 is 0 Å². The third-order valence-corrected chi connectivity index (χ3v) is 6.25. The SMILES string of the molecule is CCCCCCCC(CCCCCC)C1CCC(N(C)C)CC1. The highest BCUT2D eigenvalue weighted by molar-refractivity contribution is 4.81. The van der Waals surface area contributed by atoms with Crippen LogP contribution in [0.15, 0.2) is 0 Å². The number of hydrogen-bond acceptors (Lipinski definition) is 1. The molecule has 0 bridgehead atoms. The van der Waals surface area contributed by atoms with E-state index in [1.807, 2.05) is 0 Å². The molecular weight excluding hydrogens is 278 g/mol. The number of rotatable bonds is 13. The highest BCUT2D eigenvalue weighted by atomic mass is 15.1. The molecule has 1 saturated carbocycles. The van der Waals surface area contributed by atoms with E-state index in [1.165, 1.54) is 96.3 Å². The van der Waals surface area contributed by atoms with Crippen molar-refractivity contribution in [1.29, 1.82) is 0 Å². The van der Waals surface area contributed by atoms with E-state index in [-0.39, 0.29) is 0 Å². The number of nitrogens with zero attached hydrogens (tertiary/aromatic N) is 1. The Morgan fingerprint density at radius 2 is 1.17 bits per heavy atom. The molecule has 1 fully saturated rings. The maximum atomic E-state index is 2.46. The van der Waals surface area contributed by atoms with Gasteiger partial charge in [-0.15, -0.1) is 0 Å². The summed E-state index contributed by atoms with van der Waals surface area (Å²) in [6.45, 7) is 4.65. The second-order valence-electron chi connectivity index (χ2n) is 8.34. The van der Waals surface area contributed by atoms with Crippen LogP contribution in [-0.4, -0.2) is 25.0 Å². The first-order valence-electron chi connectivity index (χ1n) is 10.8. The molecule has 1 aliphatic carbocycles. The lowest BCUT2D eigenvalue weighted by atomic mass is 9.74. The lowest BCUT2D eigenvalue weighted by Gasteiger charge is -2.36. The van der Waals surface area contributed by atoms with Crippen molar-refractivity contribution in [3.05, 3.63) is 0 Å². The Morgan fingerprint density at radius 3 is 1.65 bits per heavy atom.